The van der Waals surface area contributed by atoms with Crippen molar-refractivity contribution in [3.8, 4) is 0 Å². The minimum atomic E-state index is -0.685. The lowest BCUT2D eigenvalue weighted by Crippen LogP contribution is -2.52. The van der Waals surface area contributed by atoms with Gasteiger partial charge in [-0.2, -0.15) is 4.98 Å². The van der Waals surface area contributed by atoms with Crippen LogP contribution in [0, 0.1) is 0 Å². The van der Waals surface area contributed by atoms with Crippen LogP contribution in [0.3, 0.4) is 0 Å². The quantitative estimate of drug-likeness (QED) is 0.0582. The number of nitrogens with zero attached hydrogens (tertiary/aromatic N) is 7. The second-order valence-corrected chi connectivity index (χ2v) is 16.9. The zero-order valence-corrected chi connectivity index (χ0v) is 35.2. The number of carbonyl (C=O) groups is 4. The number of hydrogen-bond acceptors (Lipinski definition) is 11. The molecule has 1 saturated carbocycles. The number of aromatic nitrogens is 4. The van der Waals surface area contributed by atoms with Gasteiger partial charge in [-0.25, -0.2) is 9.97 Å². The SMILES string of the molecule is O=C1CCC(N2Cc3c(NC(=O)CCCCCCCN4CCN(c5ccc(Nc6ncc7nc(Nc8ccccc8)n(C8CCCC8)c7n6)cc5)CC4)cccc3C2=O)C(=O)N1. The molecule has 3 aliphatic heterocycles. The number of nitrogens with one attached hydrogen (secondary N) is 4. The molecule has 2 saturated heterocycles. The first-order chi connectivity index (χ1) is 30.4. The molecule has 62 heavy (non-hydrogen) atoms. The summed E-state index contributed by atoms with van der Waals surface area (Å²) in [6.45, 7) is 5.35. The molecule has 1 atom stereocenters. The average Bonchev–Trinajstić information content (AvgIpc) is 4.02. The maximum absolute atomic E-state index is 13.1. The summed E-state index contributed by atoms with van der Waals surface area (Å²) in [5.41, 5.74) is 6.61. The van der Waals surface area contributed by atoms with E-state index in [-0.39, 0.29) is 30.7 Å². The second-order valence-electron chi connectivity index (χ2n) is 16.9. The molecule has 4 N–H and O–H groups in total. The fraction of sp³-hybridized carbons (Fsp3) is 0.426. The van der Waals surface area contributed by atoms with Gasteiger partial charge in [-0.05, 0) is 87.2 Å². The third kappa shape index (κ3) is 9.27. The predicted molar refractivity (Wildman–Crippen MR) is 240 cm³/mol. The number of anilines is 6. The molecule has 4 amide bonds. The largest absolute Gasteiger partial charge is 0.369 e. The Balaban J connectivity index is 0.680. The van der Waals surface area contributed by atoms with Crippen LogP contribution >= 0.6 is 0 Å². The number of rotatable bonds is 16. The topological polar surface area (TPSA) is 170 Å². The van der Waals surface area contributed by atoms with Crippen molar-refractivity contribution >= 4 is 69.4 Å². The highest BCUT2D eigenvalue weighted by molar-refractivity contribution is 6.06. The second kappa shape index (κ2) is 18.7. The van der Waals surface area contributed by atoms with Crippen LogP contribution < -0.4 is 26.2 Å². The molecule has 9 rings (SSSR count). The summed E-state index contributed by atoms with van der Waals surface area (Å²) in [5.74, 6) is 0.283. The minimum Gasteiger partial charge on any atom is -0.369 e. The van der Waals surface area contributed by atoms with Crippen LogP contribution in [-0.2, 0) is 20.9 Å². The fourth-order valence-electron chi connectivity index (χ4n) is 9.38. The molecule has 0 spiro atoms. The van der Waals surface area contributed by atoms with E-state index in [0.717, 1.165) is 112 Å². The Bertz CT molecular complexity index is 2410. The highest BCUT2D eigenvalue weighted by atomic mass is 16.2. The summed E-state index contributed by atoms with van der Waals surface area (Å²) in [7, 11) is 0. The maximum Gasteiger partial charge on any atom is 0.255 e. The lowest BCUT2D eigenvalue weighted by molar-refractivity contribution is -0.137. The van der Waals surface area contributed by atoms with Crippen molar-refractivity contribution in [1.82, 2.24) is 34.6 Å². The summed E-state index contributed by atoms with van der Waals surface area (Å²) >= 11 is 0. The first-order valence-corrected chi connectivity index (χ1v) is 22.3. The maximum atomic E-state index is 13.1. The van der Waals surface area contributed by atoms with Crippen molar-refractivity contribution in [2.45, 2.75) is 95.7 Å². The molecule has 4 aliphatic rings. The van der Waals surface area contributed by atoms with Crippen LogP contribution in [0.1, 0.15) is 99.0 Å². The number of fused-ring (bicyclic) bond motifs is 2. The molecule has 1 aliphatic carbocycles. The van der Waals surface area contributed by atoms with Crippen molar-refractivity contribution in [2.24, 2.45) is 0 Å². The minimum absolute atomic E-state index is 0.0742. The normalized spacial score (nSPS) is 18.3. The van der Waals surface area contributed by atoms with E-state index < -0.39 is 11.9 Å². The summed E-state index contributed by atoms with van der Waals surface area (Å²) in [5, 5.41) is 12.3. The molecule has 5 aromatic rings. The van der Waals surface area contributed by atoms with Gasteiger partial charge in [0.1, 0.15) is 11.6 Å². The van der Waals surface area contributed by atoms with Crippen molar-refractivity contribution < 1.29 is 19.2 Å². The van der Waals surface area contributed by atoms with Gasteiger partial charge in [0.25, 0.3) is 5.91 Å². The van der Waals surface area contributed by atoms with Crippen LogP contribution in [-0.4, -0.2) is 91.7 Å². The lowest BCUT2D eigenvalue weighted by Gasteiger charge is -2.36. The highest BCUT2D eigenvalue weighted by Gasteiger charge is 2.40. The zero-order valence-electron chi connectivity index (χ0n) is 35.2. The molecule has 15 heteroatoms. The molecule has 0 bridgehead atoms. The zero-order chi connectivity index (χ0) is 42.4. The Morgan fingerprint density at radius 2 is 1.53 bits per heavy atom. The molecule has 322 valence electrons. The monoisotopic (exact) mass is 837 g/mol. The highest BCUT2D eigenvalue weighted by Crippen LogP contribution is 2.36. The molecule has 5 heterocycles. The van der Waals surface area contributed by atoms with E-state index in [1.54, 1.807) is 18.2 Å². The van der Waals surface area contributed by atoms with Crippen molar-refractivity contribution in [2.75, 3.05) is 53.6 Å². The van der Waals surface area contributed by atoms with E-state index >= 15 is 0 Å². The first-order valence-electron chi connectivity index (χ1n) is 22.3. The number of carbonyl (C=O) groups excluding carboxylic acids is 4. The molecule has 2 aromatic heterocycles. The number of piperazine rings is 1. The third-order valence-corrected chi connectivity index (χ3v) is 12.7. The van der Waals surface area contributed by atoms with Crippen LogP contribution in [0.15, 0.2) is 79.0 Å². The molecule has 15 nitrogen and oxygen atoms in total. The van der Waals surface area contributed by atoms with Crippen molar-refractivity contribution in [3.05, 3.63) is 90.1 Å². The Hall–Kier alpha value is -6.35. The Morgan fingerprint density at radius 1 is 0.774 bits per heavy atom. The fourth-order valence-corrected chi connectivity index (χ4v) is 9.38. The summed E-state index contributed by atoms with van der Waals surface area (Å²) in [6, 6.07) is 23.7. The van der Waals surface area contributed by atoms with Gasteiger partial charge in [-0.15, -0.1) is 0 Å². The Kier molecular flexibility index (Phi) is 12.4. The lowest BCUT2D eigenvalue weighted by atomic mass is 10.0. The van der Waals surface area contributed by atoms with E-state index in [0.29, 0.717) is 36.1 Å². The van der Waals surface area contributed by atoms with Gasteiger partial charge in [-0.1, -0.05) is 56.4 Å². The van der Waals surface area contributed by atoms with Gasteiger partial charge in [0.2, 0.25) is 29.6 Å². The smallest absolute Gasteiger partial charge is 0.255 e. The number of amides is 4. The molecule has 3 aromatic carbocycles. The van der Waals surface area contributed by atoms with Crippen LogP contribution in [0.5, 0.6) is 0 Å². The van der Waals surface area contributed by atoms with Crippen LogP contribution in [0.2, 0.25) is 0 Å². The molecular formula is C47H55N11O4. The number of piperidine rings is 1. The van der Waals surface area contributed by atoms with Crippen LogP contribution in [0.4, 0.5) is 34.6 Å². The van der Waals surface area contributed by atoms with Crippen LogP contribution in [0.25, 0.3) is 11.2 Å². The number of imide groups is 1. The number of hydrogen-bond donors (Lipinski definition) is 4. The van der Waals surface area contributed by atoms with Gasteiger partial charge in [0, 0.05) is 85.5 Å². The Morgan fingerprint density at radius 3 is 2.32 bits per heavy atom. The number of imidazole rings is 1. The third-order valence-electron chi connectivity index (χ3n) is 12.7. The van der Waals surface area contributed by atoms with Gasteiger partial charge in [0.05, 0.1) is 6.20 Å². The molecule has 1 unspecified atom stereocenters. The van der Waals surface area contributed by atoms with Crippen molar-refractivity contribution in [3.63, 3.8) is 0 Å². The number of para-hydroxylation sites is 1. The molecular weight excluding hydrogens is 783 g/mol. The number of benzene rings is 3. The molecule has 3 fully saturated rings. The van der Waals surface area contributed by atoms with Crippen molar-refractivity contribution in [1.29, 1.82) is 0 Å². The van der Waals surface area contributed by atoms with Gasteiger partial charge < -0.3 is 25.8 Å². The number of unbranched alkanes of at least 4 members (excludes halogenated alkanes) is 4. The molecule has 0 radical (unpaired) electrons. The predicted octanol–water partition coefficient (Wildman–Crippen LogP) is 7.29. The van der Waals surface area contributed by atoms with E-state index in [1.807, 2.05) is 36.5 Å². The van der Waals surface area contributed by atoms with Gasteiger partial charge in [-0.3, -0.25) is 34.0 Å². The van der Waals surface area contributed by atoms with E-state index in [9.17, 15) is 19.2 Å². The summed E-state index contributed by atoms with van der Waals surface area (Å²) in [6.07, 6.45) is 12.5. The van der Waals surface area contributed by atoms with Gasteiger partial charge >= 0.3 is 0 Å². The Labute approximate surface area is 361 Å². The van der Waals surface area contributed by atoms with E-state index in [1.165, 1.54) is 23.4 Å². The van der Waals surface area contributed by atoms with Gasteiger partial charge in [0.15, 0.2) is 5.65 Å². The first kappa shape index (κ1) is 41.0. The summed E-state index contributed by atoms with van der Waals surface area (Å²) < 4.78 is 2.27. The van der Waals surface area contributed by atoms with E-state index in [2.05, 4.69) is 64.9 Å². The summed E-state index contributed by atoms with van der Waals surface area (Å²) in [4.78, 5) is 71.0. The standard InChI is InChI=1S/C47H55N11O4/c59-41(51-38-17-11-16-36-37(38)31-57(45(36)62)40-23-24-42(60)53-44(40)61)18-7-2-1-3-10-25-55-26-28-56(29-27-55)34-21-19-33(20-22-34)49-46-48-30-39-43(54-46)58(35-14-8-9-15-35)47(52-39)50-32-12-5-4-6-13-32/h4-6,11-13,16-17,19-22,30,35,40H,1-3,7-10,14-15,18,23-29,31H2,(H,50,52)(H,51,59)(H,48,49,54)(H,53,60,61). The van der Waals surface area contributed by atoms with E-state index in [4.69, 9.17) is 9.97 Å². The average molecular weight is 838 g/mol.